The summed E-state index contributed by atoms with van der Waals surface area (Å²) in [5.74, 6) is 0.106. The van der Waals surface area contributed by atoms with Crippen molar-refractivity contribution in [3.8, 4) is 5.75 Å². The first-order chi connectivity index (χ1) is 15.0. The maximum atomic E-state index is 13.1. The summed E-state index contributed by atoms with van der Waals surface area (Å²) in [6.07, 6.45) is 4.48. The number of carbonyl (C=O) groups excluding carboxylic acids is 3. The van der Waals surface area contributed by atoms with E-state index in [9.17, 15) is 14.4 Å². The summed E-state index contributed by atoms with van der Waals surface area (Å²) in [6.45, 7) is 3.55. The molecule has 168 valence electrons. The largest absolute Gasteiger partial charge is 0.495 e. The molecule has 1 aromatic carbocycles. The van der Waals surface area contributed by atoms with Crippen LogP contribution in [0.5, 0.6) is 5.75 Å². The van der Waals surface area contributed by atoms with Gasteiger partial charge < -0.3 is 19.7 Å². The highest BCUT2D eigenvalue weighted by atomic mass is 16.5. The summed E-state index contributed by atoms with van der Waals surface area (Å²) in [6, 6.07) is 4.58. The highest BCUT2D eigenvalue weighted by molar-refractivity contribution is 6.07. The zero-order chi connectivity index (χ0) is 21.8. The molecular weight excluding hydrogens is 400 g/mol. The Kier molecular flexibility index (Phi) is 6.72. The van der Waals surface area contributed by atoms with Gasteiger partial charge in [0.1, 0.15) is 5.75 Å². The smallest absolute Gasteiger partial charge is 0.328 e. The number of nitrogens with zero attached hydrogens (tertiary/aromatic N) is 2. The van der Waals surface area contributed by atoms with Crippen LogP contribution in [-0.2, 0) is 9.53 Å². The van der Waals surface area contributed by atoms with Gasteiger partial charge in [0.05, 0.1) is 25.0 Å². The number of benzene rings is 1. The molecule has 0 bridgehead atoms. The van der Waals surface area contributed by atoms with Crippen LogP contribution >= 0.6 is 0 Å². The molecule has 0 aromatic heterocycles. The molecule has 31 heavy (non-hydrogen) atoms. The summed E-state index contributed by atoms with van der Waals surface area (Å²) in [7, 11) is 1.51. The molecule has 3 saturated heterocycles. The number of piperidine rings is 2. The quantitative estimate of drug-likeness (QED) is 0.735. The summed E-state index contributed by atoms with van der Waals surface area (Å²) in [5, 5.41) is 5.66. The van der Waals surface area contributed by atoms with Gasteiger partial charge in [-0.1, -0.05) is 0 Å². The first-order valence-electron chi connectivity index (χ1n) is 11.0. The molecule has 3 heterocycles. The fourth-order valence-corrected chi connectivity index (χ4v) is 4.41. The molecule has 0 atom stereocenters. The summed E-state index contributed by atoms with van der Waals surface area (Å²) < 4.78 is 11.6. The Morgan fingerprint density at radius 3 is 2.42 bits per heavy atom. The van der Waals surface area contributed by atoms with Gasteiger partial charge >= 0.3 is 6.03 Å². The molecule has 3 aliphatic heterocycles. The van der Waals surface area contributed by atoms with Gasteiger partial charge in [0, 0.05) is 31.6 Å². The number of anilines is 1. The third kappa shape index (κ3) is 4.99. The number of methoxy groups -OCH3 is 1. The summed E-state index contributed by atoms with van der Waals surface area (Å²) in [5.41, 5.74) is 0.987. The minimum atomic E-state index is -0.505. The lowest BCUT2D eigenvalue weighted by molar-refractivity contribution is -0.120. The monoisotopic (exact) mass is 430 g/mol. The van der Waals surface area contributed by atoms with Gasteiger partial charge in [0.15, 0.2) is 0 Å². The van der Waals surface area contributed by atoms with E-state index in [1.807, 2.05) is 4.90 Å². The number of hydrogen-bond donors (Lipinski definition) is 2. The number of nitrogens with one attached hydrogen (secondary N) is 2. The number of likely N-dealkylation sites (tertiary alicyclic amines) is 1. The number of hydrogen-bond acceptors (Lipinski definition) is 6. The van der Waals surface area contributed by atoms with Crippen LogP contribution in [0.1, 0.15) is 42.5 Å². The third-order valence-electron chi connectivity index (χ3n) is 6.17. The van der Waals surface area contributed by atoms with Crippen LogP contribution in [0.2, 0.25) is 0 Å². The number of imide groups is 1. The Bertz CT molecular complexity index is 831. The van der Waals surface area contributed by atoms with Crippen molar-refractivity contribution >= 4 is 23.5 Å². The van der Waals surface area contributed by atoms with E-state index in [1.54, 1.807) is 18.2 Å². The molecular formula is C22H30N4O5. The van der Waals surface area contributed by atoms with Crippen LogP contribution in [0.15, 0.2) is 18.2 Å². The van der Waals surface area contributed by atoms with E-state index < -0.39 is 6.03 Å². The Balaban J connectivity index is 1.40. The Hall–Kier alpha value is -2.65. The molecule has 3 fully saturated rings. The van der Waals surface area contributed by atoms with Crippen LogP contribution in [0.3, 0.4) is 0 Å². The number of amides is 4. The minimum Gasteiger partial charge on any atom is -0.495 e. The molecule has 9 nitrogen and oxygen atoms in total. The van der Waals surface area contributed by atoms with Gasteiger partial charge in [-0.05, 0) is 57.0 Å². The molecule has 0 radical (unpaired) electrons. The van der Waals surface area contributed by atoms with Crippen LogP contribution in [0, 0.1) is 0 Å². The highest BCUT2D eigenvalue weighted by Gasteiger charge is 2.30. The van der Waals surface area contributed by atoms with E-state index in [1.165, 1.54) is 12.0 Å². The third-order valence-corrected chi connectivity index (χ3v) is 6.17. The maximum absolute atomic E-state index is 13.1. The number of rotatable bonds is 5. The highest BCUT2D eigenvalue weighted by Crippen LogP contribution is 2.31. The predicted molar refractivity (Wildman–Crippen MR) is 114 cm³/mol. The van der Waals surface area contributed by atoms with Crippen molar-refractivity contribution in [1.29, 1.82) is 0 Å². The topological polar surface area (TPSA) is 100 Å². The first-order valence-corrected chi connectivity index (χ1v) is 11.0. The Morgan fingerprint density at radius 1 is 1.03 bits per heavy atom. The second-order valence-corrected chi connectivity index (χ2v) is 8.22. The number of urea groups is 1. The lowest BCUT2D eigenvalue weighted by atomic mass is 10.0. The van der Waals surface area contributed by atoms with Crippen LogP contribution in [0.25, 0.3) is 0 Å². The van der Waals surface area contributed by atoms with E-state index in [2.05, 4.69) is 10.6 Å². The normalized spacial score (nSPS) is 21.2. The second-order valence-electron chi connectivity index (χ2n) is 8.22. The molecule has 0 spiro atoms. The average molecular weight is 431 g/mol. The van der Waals surface area contributed by atoms with E-state index in [4.69, 9.17) is 9.47 Å². The van der Waals surface area contributed by atoms with Crippen LogP contribution in [0.4, 0.5) is 10.5 Å². The standard InChI is InChI=1S/C22H30N4O5/c1-30-19-3-2-15(14-18(19)26-13-8-20(27)24-22(26)29)21(28)25-11-6-17(7-12-25)31-16-4-9-23-10-5-16/h2-3,14,16-17,23H,4-13H2,1H3,(H,24,27,29). The molecule has 4 rings (SSSR count). The Morgan fingerprint density at radius 2 is 1.74 bits per heavy atom. The van der Waals surface area contributed by atoms with Crippen molar-refractivity contribution in [2.24, 2.45) is 0 Å². The second kappa shape index (κ2) is 9.65. The zero-order valence-electron chi connectivity index (χ0n) is 17.9. The SMILES string of the molecule is COc1ccc(C(=O)N2CCC(OC3CCNCC3)CC2)cc1N1CCC(=O)NC1=O. The molecule has 1 aromatic rings. The molecule has 9 heteroatoms. The molecule has 0 unspecified atom stereocenters. The van der Waals surface area contributed by atoms with Crippen molar-refractivity contribution in [2.45, 2.75) is 44.3 Å². The van der Waals surface area contributed by atoms with Gasteiger partial charge in [0.2, 0.25) is 5.91 Å². The van der Waals surface area contributed by atoms with Gasteiger partial charge in [-0.2, -0.15) is 0 Å². The number of ether oxygens (including phenoxy) is 2. The van der Waals surface area contributed by atoms with Crippen molar-refractivity contribution in [2.75, 3.05) is 44.7 Å². The first kappa shape index (κ1) is 21.6. The summed E-state index contributed by atoms with van der Waals surface area (Å²) in [4.78, 5) is 40.2. The van der Waals surface area contributed by atoms with Gasteiger partial charge in [0.25, 0.3) is 5.91 Å². The molecule has 3 aliphatic rings. The molecule has 0 aliphatic carbocycles. The van der Waals surface area contributed by atoms with Crippen molar-refractivity contribution in [1.82, 2.24) is 15.5 Å². The van der Waals surface area contributed by atoms with Crippen LogP contribution < -0.4 is 20.3 Å². The molecule has 2 N–H and O–H groups in total. The van der Waals surface area contributed by atoms with Crippen molar-refractivity contribution in [3.05, 3.63) is 23.8 Å². The van der Waals surface area contributed by atoms with E-state index in [-0.39, 0.29) is 30.9 Å². The fraction of sp³-hybridized carbons (Fsp3) is 0.591. The Labute approximate surface area is 182 Å². The van der Waals surface area contributed by atoms with Crippen LogP contribution in [-0.4, -0.2) is 74.8 Å². The maximum Gasteiger partial charge on any atom is 0.328 e. The van der Waals surface area contributed by atoms with Gasteiger partial charge in [-0.3, -0.25) is 19.8 Å². The van der Waals surface area contributed by atoms with Gasteiger partial charge in [-0.15, -0.1) is 0 Å². The lowest BCUT2D eigenvalue weighted by Crippen LogP contribution is -2.49. The molecule has 4 amide bonds. The number of carbonyl (C=O) groups is 3. The fourth-order valence-electron chi connectivity index (χ4n) is 4.41. The zero-order valence-corrected chi connectivity index (χ0v) is 17.9. The van der Waals surface area contributed by atoms with Crippen molar-refractivity contribution in [3.63, 3.8) is 0 Å². The van der Waals surface area contributed by atoms with E-state index >= 15 is 0 Å². The van der Waals surface area contributed by atoms with E-state index in [0.29, 0.717) is 36.2 Å². The summed E-state index contributed by atoms with van der Waals surface area (Å²) >= 11 is 0. The predicted octanol–water partition coefficient (Wildman–Crippen LogP) is 1.51. The average Bonchev–Trinajstić information content (AvgIpc) is 2.79. The van der Waals surface area contributed by atoms with Gasteiger partial charge in [-0.25, -0.2) is 4.79 Å². The molecule has 0 saturated carbocycles. The minimum absolute atomic E-state index is 0.0716. The lowest BCUT2D eigenvalue weighted by Gasteiger charge is -2.35. The van der Waals surface area contributed by atoms with Crippen molar-refractivity contribution < 1.29 is 23.9 Å². The van der Waals surface area contributed by atoms with E-state index in [0.717, 1.165) is 38.8 Å².